The average Bonchev–Trinajstić information content (AvgIpc) is 2.79. The minimum Gasteiger partial charge on any atom is -0.480 e. The Bertz CT molecular complexity index is 279. The molecule has 98 valence electrons. The van der Waals surface area contributed by atoms with Gasteiger partial charge in [0.05, 0.1) is 0 Å². The molecule has 2 fully saturated rings. The van der Waals surface area contributed by atoms with E-state index >= 15 is 0 Å². The van der Waals surface area contributed by atoms with Crippen LogP contribution in [0.4, 0.5) is 0 Å². The molecule has 2 unspecified atom stereocenters. The van der Waals surface area contributed by atoms with Crippen LogP contribution in [0, 0.1) is 5.92 Å². The van der Waals surface area contributed by atoms with Crippen molar-refractivity contribution in [3.63, 3.8) is 0 Å². The predicted molar refractivity (Wildman–Crippen MR) is 71.2 cm³/mol. The first kappa shape index (κ1) is 13.2. The molecule has 3 nitrogen and oxygen atoms in total. The fraction of sp³-hybridized carbons (Fsp3) is 0.923. The largest absolute Gasteiger partial charge is 0.480 e. The van der Waals surface area contributed by atoms with Crippen molar-refractivity contribution < 1.29 is 9.90 Å². The third-order valence-electron chi connectivity index (χ3n) is 4.21. The highest BCUT2D eigenvalue weighted by atomic mass is 32.2. The van der Waals surface area contributed by atoms with Gasteiger partial charge in [-0.2, -0.15) is 11.8 Å². The lowest BCUT2D eigenvalue weighted by Gasteiger charge is -2.34. The van der Waals surface area contributed by atoms with E-state index in [0.717, 1.165) is 18.8 Å². The molecule has 3 N–H and O–H groups in total. The summed E-state index contributed by atoms with van der Waals surface area (Å²) in [5.74, 6) is 1.27. The SMILES string of the molecule is NC1(C(=O)O)CCCC(SCC2CCCC2)C1. The molecule has 2 aliphatic rings. The first-order valence-corrected chi connectivity index (χ1v) is 7.79. The second-order valence-electron chi connectivity index (χ2n) is 5.66. The molecule has 0 heterocycles. The van der Waals surface area contributed by atoms with Gasteiger partial charge in [-0.05, 0) is 50.2 Å². The standard InChI is InChI=1S/C13H23NO2S/c14-13(12(15)16)7-3-6-11(8-13)17-9-10-4-1-2-5-10/h10-11H,1-9,14H2,(H,15,16). The third kappa shape index (κ3) is 3.38. The van der Waals surface area contributed by atoms with Gasteiger partial charge >= 0.3 is 5.97 Å². The van der Waals surface area contributed by atoms with Crippen LogP contribution in [0.3, 0.4) is 0 Å². The van der Waals surface area contributed by atoms with Crippen LogP contribution in [0.2, 0.25) is 0 Å². The average molecular weight is 257 g/mol. The zero-order valence-corrected chi connectivity index (χ0v) is 11.2. The first-order valence-electron chi connectivity index (χ1n) is 6.74. The molecule has 0 radical (unpaired) electrons. The topological polar surface area (TPSA) is 63.3 Å². The van der Waals surface area contributed by atoms with E-state index in [4.69, 9.17) is 10.8 Å². The number of carbonyl (C=O) groups is 1. The minimum absolute atomic E-state index is 0.463. The van der Waals surface area contributed by atoms with Crippen molar-refractivity contribution in [2.75, 3.05) is 5.75 Å². The van der Waals surface area contributed by atoms with E-state index in [1.54, 1.807) is 0 Å². The van der Waals surface area contributed by atoms with Gasteiger partial charge in [0, 0.05) is 5.25 Å². The van der Waals surface area contributed by atoms with Crippen molar-refractivity contribution >= 4 is 17.7 Å². The summed E-state index contributed by atoms with van der Waals surface area (Å²) >= 11 is 1.97. The Morgan fingerprint density at radius 1 is 1.29 bits per heavy atom. The number of hydrogen-bond donors (Lipinski definition) is 2. The molecule has 0 aliphatic heterocycles. The maximum absolute atomic E-state index is 11.1. The summed E-state index contributed by atoms with van der Waals surface area (Å²) in [6, 6.07) is 0. The minimum atomic E-state index is -0.953. The molecular weight excluding hydrogens is 234 g/mol. The molecule has 0 aromatic rings. The Hall–Kier alpha value is -0.220. The Labute approximate surface area is 108 Å². The van der Waals surface area contributed by atoms with Gasteiger partial charge in [0.15, 0.2) is 0 Å². The number of rotatable bonds is 4. The van der Waals surface area contributed by atoms with Crippen LogP contribution in [-0.2, 0) is 4.79 Å². The summed E-state index contributed by atoms with van der Waals surface area (Å²) in [7, 11) is 0. The van der Waals surface area contributed by atoms with Crippen molar-refractivity contribution in [2.45, 2.75) is 62.2 Å². The van der Waals surface area contributed by atoms with Crippen LogP contribution in [0.15, 0.2) is 0 Å². The summed E-state index contributed by atoms with van der Waals surface area (Å²) in [5, 5.41) is 9.62. The predicted octanol–water partition coefficient (Wildman–Crippen LogP) is 2.63. The van der Waals surface area contributed by atoms with Crippen molar-refractivity contribution in [1.29, 1.82) is 0 Å². The van der Waals surface area contributed by atoms with Crippen molar-refractivity contribution in [1.82, 2.24) is 0 Å². The summed E-state index contributed by atoms with van der Waals surface area (Å²) in [5.41, 5.74) is 5.01. The van der Waals surface area contributed by atoms with E-state index in [-0.39, 0.29) is 0 Å². The zero-order valence-electron chi connectivity index (χ0n) is 10.4. The zero-order chi connectivity index (χ0) is 12.3. The molecule has 0 aromatic carbocycles. The number of nitrogens with two attached hydrogens (primary N) is 1. The van der Waals surface area contributed by atoms with Gasteiger partial charge < -0.3 is 10.8 Å². The van der Waals surface area contributed by atoms with Crippen molar-refractivity contribution in [3.05, 3.63) is 0 Å². The molecule has 0 saturated heterocycles. The molecule has 4 heteroatoms. The fourth-order valence-corrected chi connectivity index (χ4v) is 4.67. The number of aliphatic carboxylic acids is 1. The Balaban J connectivity index is 1.78. The molecule has 0 bridgehead atoms. The molecule has 2 aliphatic carbocycles. The Kier molecular flexibility index (Phi) is 4.36. The second kappa shape index (κ2) is 5.61. The van der Waals surface area contributed by atoms with E-state index in [9.17, 15) is 4.79 Å². The number of thioether (sulfide) groups is 1. The van der Waals surface area contributed by atoms with Gasteiger partial charge in [-0.15, -0.1) is 0 Å². The normalized spacial score (nSPS) is 35.0. The molecule has 2 rings (SSSR count). The fourth-order valence-electron chi connectivity index (χ4n) is 3.04. The van der Waals surface area contributed by atoms with E-state index in [1.807, 2.05) is 11.8 Å². The highest BCUT2D eigenvalue weighted by molar-refractivity contribution is 7.99. The van der Waals surface area contributed by atoms with E-state index in [2.05, 4.69) is 0 Å². The lowest BCUT2D eigenvalue weighted by Crippen LogP contribution is -2.52. The van der Waals surface area contributed by atoms with Crippen LogP contribution in [-0.4, -0.2) is 27.6 Å². The summed E-state index contributed by atoms with van der Waals surface area (Å²) in [4.78, 5) is 11.1. The number of hydrogen-bond acceptors (Lipinski definition) is 3. The Morgan fingerprint density at radius 3 is 2.65 bits per heavy atom. The summed E-state index contributed by atoms with van der Waals surface area (Å²) in [6.45, 7) is 0. The first-order chi connectivity index (χ1) is 8.10. The summed E-state index contributed by atoms with van der Waals surface area (Å²) in [6.07, 6.45) is 8.90. The monoisotopic (exact) mass is 257 g/mol. The van der Waals surface area contributed by atoms with Crippen LogP contribution in [0.5, 0.6) is 0 Å². The lowest BCUT2D eigenvalue weighted by molar-refractivity contribution is -0.144. The molecule has 0 aromatic heterocycles. The number of carboxylic acids is 1. The summed E-state index contributed by atoms with van der Waals surface area (Å²) < 4.78 is 0. The lowest BCUT2D eigenvalue weighted by atomic mass is 9.82. The van der Waals surface area contributed by atoms with Crippen LogP contribution >= 0.6 is 11.8 Å². The smallest absolute Gasteiger partial charge is 0.323 e. The maximum atomic E-state index is 11.1. The van der Waals surface area contributed by atoms with Crippen LogP contribution < -0.4 is 5.73 Å². The maximum Gasteiger partial charge on any atom is 0.323 e. The second-order valence-corrected chi connectivity index (χ2v) is 7.00. The Morgan fingerprint density at radius 2 is 2.00 bits per heavy atom. The third-order valence-corrected chi connectivity index (χ3v) is 5.75. The highest BCUT2D eigenvalue weighted by Crippen LogP contribution is 2.37. The molecule has 2 saturated carbocycles. The molecule has 0 spiro atoms. The van der Waals surface area contributed by atoms with Gasteiger partial charge in [-0.25, -0.2) is 0 Å². The quantitative estimate of drug-likeness (QED) is 0.812. The molecule has 0 amide bonds. The molecular formula is C13H23NO2S. The number of carboxylic acid groups (broad SMARTS) is 1. The van der Waals surface area contributed by atoms with Crippen LogP contribution in [0.25, 0.3) is 0 Å². The van der Waals surface area contributed by atoms with Gasteiger partial charge in [0.1, 0.15) is 5.54 Å². The van der Waals surface area contributed by atoms with E-state index in [0.29, 0.717) is 18.1 Å². The van der Waals surface area contributed by atoms with Gasteiger partial charge in [-0.3, -0.25) is 4.79 Å². The molecule has 2 atom stereocenters. The van der Waals surface area contributed by atoms with Gasteiger partial charge in [0.25, 0.3) is 0 Å². The van der Waals surface area contributed by atoms with Crippen molar-refractivity contribution in [2.24, 2.45) is 11.7 Å². The van der Waals surface area contributed by atoms with Crippen molar-refractivity contribution in [3.8, 4) is 0 Å². The van der Waals surface area contributed by atoms with Gasteiger partial charge in [0.2, 0.25) is 0 Å². The molecule has 17 heavy (non-hydrogen) atoms. The van der Waals surface area contributed by atoms with Crippen LogP contribution in [0.1, 0.15) is 51.4 Å². The van der Waals surface area contributed by atoms with E-state index < -0.39 is 11.5 Å². The van der Waals surface area contributed by atoms with E-state index in [1.165, 1.54) is 31.4 Å². The highest BCUT2D eigenvalue weighted by Gasteiger charge is 2.39. The van der Waals surface area contributed by atoms with Gasteiger partial charge in [-0.1, -0.05) is 12.8 Å².